The van der Waals surface area contributed by atoms with Gasteiger partial charge in [0.2, 0.25) is 0 Å². The van der Waals surface area contributed by atoms with Crippen molar-refractivity contribution in [2.45, 2.75) is 6.54 Å². The SMILES string of the molecule is O=C1C(SCCO)=C(c2ccc(Cl)cc2Cl)C(=O)N1Cc1ccccn1. The highest BCUT2D eigenvalue weighted by Gasteiger charge is 2.39. The lowest BCUT2D eigenvalue weighted by molar-refractivity contribution is -0.137. The van der Waals surface area contributed by atoms with Gasteiger partial charge in [-0.3, -0.25) is 19.5 Å². The van der Waals surface area contributed by atoms with E-state index in [9.17, 15) is 9.59 Å². The van der Waals surface area contributed by atoms with Gasteiger partial charge >= 0.3 is 0 Å². The molecular weight excluding hydrogens is 395 g/mol. The van der Waals surface area contributed by atoms with Crippen LogP contribution in [-0.2, 0) is 16.1 Å². The van der Waals surface area contributed by atoms with E-state index in [1.807, 2.05) is 0 Å². The van der Waals surface area contributed by atoms with Crippen LogP contribution < -0.4 is 0 Å². The van der Waals surface area contributed by atoms with E-state index in [0.717, 1.165) is 16.7 Å². The van der Waals surface area contributed by atoms with Crippen LogP contribution in [0.25, 0.3) is 5.57 Å². The topological polar surface area (TPSA) is 70.5 Å². The number of aliphatic hydroxyl groups is 1. The zero-order valence-electron chi connectivity index (χ0n) is 13.5. The van der Waals surface area contributed by atoms with Gasteiger partial charge in [-0.05, 0) is 24.3 Å². The molecule has 2 aromatic rings. The highest BCUT2D eigenvalue weighted by atomic mass is 35.5. The van der Waals surface area contributed by atoms with Crippen molar-refractivity contribution < 1.29 is 14.7 Å². The molecule has 0 radical (unpaired) electrons. The zero-order valence-corrected chi connectivity index (χ0v) is 15.8. The Hall–Kier alpha value is -1.86. The van der Waals surface area contributed by atoms with Crippen molar-refractivity contribution in [3.05, 3.63) is 68.8 Å². The molecule has 0 aliphatic carbocycles. The highest BCUT2D eigenvalue weighted by molar-refractivity contribution is 8.04. The third kappa shape index (κ3) is 3.78. The maximum atomic E-state index is 13.0. The number of aliphatic hydroxyl groups excluding tert-OH is 1. The summed E-state index contributed by atoms with van der Waals surface area (Å²) in [6.45, 7) is -0.0477. The standard InChI is InChI=1S/C18H14Cl2N2O3S/c19-11-4-5-13(14(20)9-11)15-16(26-8-7-23)18(25)22(17(15)24)10-12-3-1-2-6-21-12/h1-6,9,23H,7-8,10H2. The first-order valence-electron chi connectivity index (χ1n) is 7.72. The summed E-state index contributed by atoms with van der Waals surface area (Å²) in [7, 11) is 0. The van der Waals surface area contributed by atoms with Crippen LogP contribution in [-0.4, -0.2) is 39.2 Å². The Morgan fingerprint density at radius 1 is 1.12 bits per heavy atom. The van der Waals surface area contributed by atoms with Crippen LogP contribution in [0.3, 0.4) is 0 Å². The van der Waals surface area contributed by atoms with Gasteiger partial charge in [0.25, 0.3) is 11.8 Å². The molecule has 0 fully saturated rings. The van der Waals surface area contributed by atoms with Crippen molar-refractivity contribution in [2.75, 3.05) is 12.4 Å². The number of rotatable bonds is 6. The number of amides is 2. The molecule has 0 saturated heterocycles. The number of aromatic nitrogens is 1. The summed E-state index contributed by atoms with van der Waals surface area (Å²) in [5, 5.41) is 9.84. The van der Waals surface area contributed by atoms with E-state index in [1.54, 1.807) is 36.5 Å². The van der Waals surface area contributed by atoms with Crippen LogP contribution in [0.4, 0.5) is 0 Å². The molecule has 1 aromatic heterocycles. The van der Waals surface area contributed by atoms with E-state index >= 15 is 0 Å². The monoisotopic (exact) mass is 408 g/mol. The highest BCUT2D eigenvalue weighted by Crippen LogP contribution is 2.39. The summed E-state index contributed by atoms with van der Waals surface area (Å²) < 4.78 is 0. The minimum absolute atomic E-state index is 0.0659. The fourth-order valence-corrected chi connectivity index (χ4v) is 3.94. The first kappa shape index (κ1) is 18.9. The Morgan fingerprint density at radius 2 is 1.92 bits per heavy atom. The fraction of sp³-hybridized carbons (Fsp3) is 0.167. The van der Waals surface area contributed by atoms with Crippen molar-refractivity contribution in [3.8, 4) is 0 Å². The van der Waals surface area contributed by atoms with Crippen LogP contribution in [0, 0.1) is 0 Å². The smallest absolute Gasteiger partial charge is 0.268 e. The van der Waals surface area contributed by atoms with Crippen molar-refractivity contribution in [1.29, 1.82) is 0 Å². The quantitative estimate of drug-likeness (QED) is 0.741. The molecule has 3 rings (SSSR count). The predicted octanol–water partition coefficient (Wildman–Crippen LogP) is 3.39. The average Bonchev–Trinajstić information content (AvgIpc) is 2.85. The molecule has 1 N–H and O–H groups in total. The molecule has 1 aliphatic heterocycles. The number of carbonyl (C=O) groups is 2. The summed E-state index contributed by atoms with van der Waals surface area (Å²) in [6.07, 6.45) is 1.60. The van der Waals surface area contributed by atoms with Crippen LogP contribution in [0.15, 0.2) is 47.5 Å². The van der Waals surface area contributed by atoms with Crippen LogP contribution in [0.5, 0.6) is 0 Å². The second kappa shape index (κ2) is 8.22. The van der Waals surface area contributed by atoms with Gasteiger partial charge in [-0.15, -0.1) is 11.8 Å². The summed E-state index contributed by atoms with van der Waals surface area (Å²) in [4.78, 5) is 31.4. The minimum Gasteiger partial charge on any atom is -0.396 e. The van der Waals surface area contributed by atoms with Gasteiger partial charge in [0, 0.05) is 22.5 Å². The number of nitrogens with zero attached hydrogens (tertiary/aromatic N) is 2. The molecule has 0 spiro atoms. The molecule has 1 aromatic carbocycles. The van der Waals surface area contributed by atoms with Gasteiger partial charge in [-0.1, -0.05) is 35.3 Å². The molecule has 0 bridgehead atoms. The third-order valence-electron chi connectivity index (χ3n) is 3.71. The molecule has 5 nitrogen and oxygen atoms in total. The third-order valence-corrected chi connectivity index (χ3v) is 5.31. The summed E-state index contributed by atoms with van der Waals surface area (Å²) in [5.41, 5.74) is 1.27. The Morgan fingerprint density at radius 3 is 2.58 bits per heavy atom. The number of pyridine rings is 1. The first-order chi connectivity index (χ1) is 12.5. The maximum Gasteiger partial charge on any atom is 0.268 e. The van der Waals surface area contributed by atoms with Crippen molar-refractivity contribution in [1.82, 2.24) is 9.88 Å². The predicted molar refractivity (Wildman–Crippen MR) is 103 cm³/mol. The average molecular weight is 409 g/mol. The molecule has 0 unspecified atom stereocenters. The van der Waals surface area contributed by atoms with Gasteiger partial charge in [0.1, 0.15) is 0 Å². The Balaban J connectivity index is 2.01. The molecular formula is C18H14Cl2N2O3S. The minimum atomic E-state index is -0.440. The molecule has 8 heteroatoms. The first-order valence-corrected chi connectivity index (χ1v) is 9.46. The summed E-state index contributed by atoms with van der Waals surface area (Å²) in [6, 6.07) is 10.1. The number of thioether (sulfide) groups is 1. The van der Waals surface area contributed by atoms with Gasteiger partial charge < -0.3 is 5.11 Å². The zero-order chi connectivity index (χ0) is 18.7. The second-order valence-electron chi connectivity index (χ2n) is 5.42. The van der Waals surface area contributed by atoms with E-state index in [0.29, 0.717) is 22.0 Å². The van der Waals surface area contributed by atoms with Gasteiger partial charge in [-0.2, -0.15) is 0 Å². The lowest BCUT2D eigenvalue weighted by atomic mass is 10.1. The van der Waals surface area contributed by atoms with E-state index in [-0.39, 0.29) is 28.7 Å². The lowest BCUT2D eigenvalue weighted by Crippen LogP contribution is -2.31. The van der Waals surface area contributed by atoms with Crippen LogP contribution >= 0.6 is 35.0 Å². The van der Waals surface area contributed by atoms with Crippen molar-refractivity contribution in [3.63, 3.8) is 0 Å². The molecule has 2 amide bonds. The molecule has 26 heavy (non-hydrogen) atoms. The Bertz CT molecular complexity index is 887. The van der Waals surface area contributed by atoms with E-state index in [2.05, 4.69) is 4.98 Å². The van der Waals surface area contributed by atoms with E-state index in [4.69, 9.17) is 28.3 Å². The molecule has 2 heterocycles. The second-order valence-corrected chi connectivity index (χ2v) is 7.37. The number of imide groups is 1. The molecule has 134 valence electrons. The largest absolute Gasteiger partial charge is 0.396 e. The Labute approximate surface area is 164 Å². The Kier molecular flexibility index (Phi) is 5.98. The number of carbonyl (C=O) groups excluding carboxylic acids is 2. The van der Waals surface area contributed by atoms with Crippen molar-refractivity contribution in [2.24, 2.45) is 0 Å². The van der Waals surface area contributed by atoms with Crippen LogP contribution in [0.1, 0.15) is 11.3 Å². The van der Waals surface area contributed by atoms with Gasteiger partial charge in [0.05, 0.1) is 34.3 Å². The normalized spacial score (nSPS) is 14.5. The van der Waals surface area contributed by atoms with E-state index in [1.165, 1.54) is 6.07 Å². The summed E-state index contributed by atoms with van der Waals surface area (Å²) >= 11 is 13.3. The number of halogens is 2. The van der Waals surface area contributed by atoms with Gasteiger partial charge in [0.15, 0.2) is 0 Å². The molecule has 0 saturated carbocycles. The van der Waals surface area contributed by atoms with E-state index < -0.39 is 11.8 Å². The maximum absolute atomic E-state index is 13.0. The number of hydrogen-bond acceptors (Lipinski definition) is 5. The summed E-state index contributed by atoms with van der Waals surface area (Å²) in [5.74, 6) is -0.564. The van der Waals surface area contributed by atoms with Crippen LogP contribution in [0.2, 0.25) is 10.0 Å². The van der Waals surface area contributed by atoms with Crippen molar-refractivity contribution >= 4 is 52.4 Å². The lowest BCUT2D eigenvalue weighted by Gasteiger charge is -2.14. The fourth-order valence-electron chi connectivity index (χ4n) is 2.56. The van der Waals surface area contributed by atoms with Gasteiger partial charge in [-0.25, -0.2) is 0 Å². The molecule has 0 atom stereocenters. The molecule has 1 aliphatic rings. The number of hydrogen-bond donors (Lipinski definition) is 1. The number of benzene rings is 1.